The van der Waals surface area contributed by atoms with Crippen molar-refractivity contribution in [2.45, 2.75) is 25.7 Å². The Morgan fingerprint density at radius 1 is 1.50 bits per heavy atom. The first kappa shape index (κ1) is 14.8. The van der Waals surface area contributed by atoms with Crippen LogP contribution < -0.4 is 5.32 Å². The lowest BCUT2D eigenvalue weighted by atomic mass is 9.69. The highest BCUT2D eigenvalue weighted by Crippen LogP contribution is 2.40. The van der Waals surface area contributed by atoms with Crippen LogP contribution in [0.25, 0.3) is 0 Å². The lowest BCUT2D eigenvalue weighted by molar-refractivity contribution is -0.153. The van der Waals surface area contributed by atoms with Crippen LogP contribution in [0.4, 0.5) is 4.79 Å². The minimum absolute atomic E-state index is 0.200. The van der Waals surface area contributed by atoms with Gasteiger partial charge in [0.25, 0.3) is 0 Å². The summed E-state index contributed by atoms with van der Waals surface area (Å²) in [5.41, 5.74) is -0.732. The molecular formula is C14H20N2O3S. The molecule has 0 saturated heterocycles. The Morgan fingerprint density at radius 2 is 2.25 bits per heavy atom. The van der Waals surface area contributed by atoms with Crippen molar-refractivity contribution in [2.75, 3.05) is 20.1 Å². The highest BCUT2D eigenvalue weighted by molar-refractivity contribution is 7.09. The average Bonchev–Trinajstić information content (AvgIpc) is 2.86. The van der Waals surface area contributed by atoms with Gasteiger partial charge in [0.1, 0.15) is 0 Å². The first-order chi connectivity index (χ1) is 9.53. The largest absolute Gasteiger partial charge is 0.481 e. The quantitative estimate of drug-likeness (QED) is 0.845. The first-order valence-corrected chi connectivity index (χ1v) is 7.66. The van der Waals surface area contributed by atoms with Crippen LogP contribution in [0.5, 0.6) is 0 Å². The number of carboxylic acid groups (broad SMARTS) is 1. The van der Waals surface area contributed by atoms with Gasteiger partial charge < -0.3 is 15.3 Å². The van der Waals surface area contributed by atoms with Gasteiger partial charge in [-0.05, 0) is 30.7 Å². The summed E-state index contributed by atoms with van der Waals surface area (Å²) in [4.78, 5) is 26.0. The van der Waals surface area contributed by atoms with E-state index in [9.17, 15) is 14.7 Å². The molecule has 0 unspecified atom stereocenters. The number of nitrogens with zero attached hydrogens (tertiary/aromatic N) is 1. The molecule has 20 heavy (non-hydrogen) atoms. The second kappa shape index (κ2) is 6.26. The molecule has 0 aliphatic heterocycles. The molecule has 0 aromatic carbocycles. The van der Waals surface area contributed by atoms with E-state index >= 15 is 0 Å². The highest BCUT2D eigenvalue weighted by atomic mass is 32.1. The minimum atomic E-state index is -0.801. The van der Waals surface area contributed by atoms with Gasteiger partial charge in [-0.15, -0.1) is 11.3 Å². The molecule has 2 amide bonds. The molecule has 110 valence electrons. The lowest BCUT2D eigenvalue weighted by Gasteiger charge is -2.37. The fourth-order valence-corrected chi connectivity index (χ4v) is 2.98. The highest BCUT2D eigenvalue weighted by Gasteiger charge is 2.44. The molecular weight excluding hydrogens is 276 g/mol. The van der Waals surface area contributed by atoms with E-state index in [1.807, 2.05) is 17.5 Å². The first-order valence-electron chi connectivity index (χ1n) is 6.78. The molecule has 2 rings (SSSR count). The maximum atomic E-state index is 11.9. The summed E-state index contributed by atoms with van der Waals surface area (Å²) >= 11 is 1.67. The zero-order chi connectivity index (χ0) is 14.6. The Balaban J connectivity index is 1.75. The van der Waals surface area contributed by atoms with Crippen molar-refractivity contribution in [1.82, 2.24) is 10.2 Å². The second-order valence-corrected chi connectivity index (χ2v) is 6.38. The molecule has 5 nitrogen and oxygen atoms in total. The van der Waals surface area contributed by atoms with Crippen LogP contribution in [-0.2, 0) is 11.2 Å². The summed E-state index contributed by atoms with van der Waals surface area (Å²) in [6.07, 6.45) is 3.06. The summed E-state index contributed by atoms with van der Waals surface area (Å²) in [7, 11) is 1.73. The molecule has 1 saturated carbocycles. The van der Waals surface area contributed by atoms with E-state index in [2.05, 4.69) is 5.32 Å². The van der Waals surface area contributed by atoms with Crippen molar-refractivity contribution in [2.24, 2.45) is 5.41 Å². The number of rotatable bonds is 6. The SMILES string of the molecule is CN(CCc1cccs1)C(=O)NCC1(C(=O)O)CCC1. The van der Waals surface area contributed by atoms with Gasteiger partial charge in [-0.1, -0.05) is 12.5 Å². The van der Waals surface area contributed by atoms with E-state index in [1.165, 1.54) is 4.88 Å². The Bertz CT molecular complexity index is 469. The van der Waals surface area contributed by atoms with Crippen molar-refractivity contribution >= 4 is 23.3 Å². The Hall–Kier alpha value is -1.56. The van der Waals surface area contributed by atoms with Crippen molar-refractivity contribution in [3.8, 4) is 0 Å². The van der Waals surface area contributed by atoms with E-state index in [0.717, 1.165) is 12.8 Å². The van der Waals surface area contributed by atoms with Crippen LogP contribution in [0.2, 0.25) is 0 Å². The van der Waals surface area contributed by atoms with Crippen molar-refractivity contribution in [3.05, 3.63) is 22.4 Å². The molecule has 1 aromatic heterocycles. The second-order valence-electron chi connectivity index (χ2n) is 5.35. The summed E-state index contributed by atoms with van der Waals surface area (Å²) in [6.45, 7) is 0.858. The number of aliphatic carboxylic acids is 1. The van der Waals surface area contributed by atoms with Crippen LogP contribution in [-0.4, -0.2) is 42.1 Å². The monoisotopic (exact) mass is 296 g/mol. The topological polar surface area (TPSA) is 69.6 Å². The normalized spacial score (nSPS) is 16.2. The fraction of sp³-hybridized carbons (Fsp3) is 0.571. The van der Waals surface area contributed by atoms with Crippen LogP contribution in [0.1, 0.15) is 24.1 Å². The van der Waals surface area contributed by atoms with Gasteiger partial charge in [0, 0.05) is 25.0 Å². The van der Waals surface area contributed by atoms with Crippen LogP contribution in [0.15, 0.2) is 17.5 Å². The number of carboxylic acids is 1. The van der Waals surface area contributed by atoms with E-state index in [0.29, 0.717) is 19.4 Å². The van der Waals surface area contributed by atoms with Crippen molar-refractivity contribution < 1.29 is 14.7 Å². The summed E-state index contributed by atoms with van der Waals surface area (Å²) < 4.78 is 0. The number of urea groups is 1. The van der Waals surface area contributed by atoms with Crippen LogP contribution >= 0.6 is 11.3 Å². The third-order valence-corrected chi connectivity index (χ3v) is 4.90. The van der Waals surface area contributed by atoms with E-state index < -0.39 is 11.4 Å². The Morgan fingerprint density at radius 3 is 2.75 bits per heavy atom. The molecule has 0 bridgehead atoms. The van der Waals surface area contributed by atoms with Crippen LogP contribution in [0, 0.1) is 5.41 Å². The number of thiophene rings is 1. The Labute approximate surface area is 122 Å². The number of nitrogens with one attached hydrogen (secondary N) is 1. The fourth-order valence-electron chi connectivity index (χ4n) is 2.28. The Kier molecular flexibility index (Phi) is 4.65. The predicted molar refractivity (Wildman–Crippen MR) is 78.0 cm³/mol. The number of amides is 2. The number of likely N-dealkylation sites (N-methyl/N-ethyl adjacent to an activating group) is 1. The lowest BCUT2D eigenvalue weighted by Crippen LogP contribution is -2.50. The molecule has 2 N–H and O–H groups in total. The molecule has 1 fully saturated rings. The standard InChI is InChI=1S/C14H20N2O3S/c1-16(8-5-11-4-2-9-20-11)13(19)15-10-14(12(17)18)6-3-7-14/h2,4,9H,3,5-8,10H2,1H3,(H,15,19)(H,17,18). The van der Waals surface area contributed by atoms with Crippen molar-refractivity contribution in [1.29, 1.82) is 0 Å². The van der Waals surface area contributed by atoms with E-state index in [1.54, 1.807) is 23.3 Å². The third kappa shape index (κ3) is 3.30. The maximum Gasteiger partial charge on any atom is 0.317 e. The molecule has 6 heteroatoms. The van der Waals surface area contributed by atoms with E-state index in [4.69, 9.17) is 0 Å². The number of carbonyl (C=O) groups is 2. The molecule has 1 aromatic rings. The number of carbonyl (C=O) groups excluding carboxylic acids is 1. The van der Waals surface area contributed by atoms with Crippen LogP contribution in [0.3, 0.4) is 0 Å². The molecule has 1 aliphatic rings. The van der Waals surface area contributed by atoms with Gasteiger partial charge in [-0.3, -0.25) is 4.79 Å². The van der Waals surface area contributed by atoms with E-state index in [-0.39, 0.29) is 12.6 Å². The predicted octanol–water partition coefficient (Wildman–Crippen LogP) is 2.19. The third-order valence-electron chi connectivity index (χ3n) is 3.96. The van der Waals surface area contributed by atoms with Gasteiger partial charge in [-0.2, -0.15) is 0 Å². The van der Waals surface area contributed by atoms with Gasteiger partial charge in [0.2, 0.25) is 0 Å². The van der Waals surface area contributed by atoms with Gasteiger partial charge >= 0.3 is 12.0 Å². The number of hydrogen-bond donors (Lipinski definition) is 2. The average molecular weight is 296 g/mol. The number of hydrogen-bond acceptors (Lipinski definition) is 3. The minimum Gasteiger partial charge on any atom is -0.481 e. The summed E-state index contributed by atoms with van der Waals surface area (Å²) in [6, 6.07) is 3.84. The zero-order valence-electron chi connectivity index (χ0n) is 11.6. The molecule has 1 aliphatic carbocycles. The molecule has 0 radical (unpaired) electrons. The smallest absolute Gasteiger partial charge is 0.317 e. The zero-order valence-corrected chi connectivity index (χ0v) is 12.4. The summed E-state index contributed by atoms with van der Waals surface area (Å²) in [5.74, 6) is -0.801. The molecule has 1 heterocycles. The maximum absolute atomic E-state index is 11.9. The van der Waals surface area contributed by atoms with Gasteiger partial charge in [0.05, 0.1) is 5.41 Å². The van der Waals surface area contributed by atoms with Gasteiger partial charge in [-0.25, -0.2) is 4.79 Å². The molecule has 0 atom stereocenters. The summed E-state index contributed by atoms with van der Waals surface area (Å²) in [5, 5.41) is 14.0. The molecule has 0 spiro atoms. The van der Waals surface area contributed by atoms with Gasteiger partial charge in [0.15, 0.2) is 0 Å². The van der Waals surface area contributed by atoms with Crippen molar-refractivity contribution in [3.63, 3.8) is 0 Å².